The monoisotopic (exact) mass is 405 g/mol. The fourth-order valence-electron chi connectivity index (χ4n) is 4.04. The first kappa shape index (κ1) is 18.7. The van der Waals surface area contributed by atoms with Crippen LogP contribution in [0.4, 0.5) is 5.69 Å². The Balaban J connectivity index is 1.20. The number of aromatic nitrogens is 3. The molecule has 0 aliphatic carbocycles. The summed E-state index contributed by atoms with van der Waals surface area (Å²) in [7, 11) is 0. The van der Waals surface area contributed by atoms with Gasteiger partial charge in [-0.15, -0.1) is 0 Å². The van der Waals surface area contributed by atoms with Gasteiger partial charge in [0.15, 0.2) is 6.10 Å². The van der Waals surface area contributed by atoms with E-state index in [4.69, 9.17) is 9.26 Å². The number of hydrogen-bond acceptors (Lipinski definition) is 7. The van der Waals surface area contributed by atoms with Crippen molar-refractivity contribution in [2.24, 2.45) is 0 Å². The van der Waals surface area contributed by atoms with E-state index in [1.165, 1.54) is 11.3 Å². The molecular formula is C22H23N5O3. The van der Waals surface area contributed by atoms with Gasteiger partial charge in [-0.1, -0.05) is 23.4 Å². The van der Waals surface area contributed by atoms with Crippen LogP contribution in [-0.2, 0) is 16.0 Å². The zero-order chi connectivity index (χ0) is 20.3. The highest BCUT2D eigenvalue weighted by atomic mass is 16.5. The number of hydrogen-bond donors (Lipinski definition) is 0. The second-order valence-corrected chi connectivity index (χ2v) is 7.51. The van der Waals surface area contributed by atoms with Gasteiger partial charge in [0.1, 0.15) is 0 Å². The molecule has 1 amide bonds. The predicted molar refractivity (Wildman–Crippen MR) is 110 cm³/mol. The van der Waals surface area contributed by atoms with Gasteiger partial charge in [-0.3, -0.25) is 9.78 Å². The van der Waals surface area contributed by atoms with Crippen molar-refractivity contribution in [2.45, 2.75) is 18.9 Å². The Morgan fingerprint density at radius 3 is 2.90 bits per heavy atom. The Morgan fingerprint density at radius 1 is 1.13 bits per heavy atom. The molecule has 1 fully saturated rings. The lowest BCUT2D eigenvalue weighted by Crippen LogP contribution is -2.43. The fraction of sp³-hybridized carbons (Fsp3) is 0.364. The molecule has 30 heavy (non-hydrogen) atoms. The van der Waals surface area contributed by atoms with E-state index in [1.54, 1.807) is 12.4 Å². The van der Waals surface area contributed by atoms with E-state index in [0.717, 1.165) is 25.1 Å². The van der Waals surface area contributed by atoms with E-state index in [2.05, 4.69) is 44.3 Å². The van der Waals surface area contributed by atoms with Crippen molar-refractivity contribution >= 4 is 11.6 Å². The summed E-state index contributed by atoms with van der Waals surface area (Å²) in [5.74, 6) is 1.02. The minimum absolute atomic E-state index is 0.126. The lowest BCUT2D eigenvalue weighted by Gasteiger charge is -2.32. The number of amides is 1. The van der Waals surface area contributed by atoms with E-state index in [-0.39, 0.29) is 5.91 Å². The third-order valence-corrected chi connectivity index (χ3v) is 5.65. The van der Waals surface area contributed by atoms with Gasteiger partial charge in [0.05, 0.1) is 13.2 Å². The van der Waals surface area contributed by atoms with Crippen molar-refractivity contribution in [1.29, 1.82) is 0 Å². The van der Waals surface area contributed by atoms with Crippen LogP contribution in [0.15, 0.2) is 53.3 Å². The lowest BCUT2D eigenvalue weighted by atomic mass is 10.2. The van der Waals surface area contributed by atoms with Gasteiger partial charge in [-0.25, -0.2) is 0 Å². The lowest BCUT2D eigenvalue weighted by molar-refractivity contribution is -0.139. The Bertz CT molecular complexity index is 1020. The zero-order valence-corrected chi connectivity index (χ0v) is 16.6. The molecule has 0 radical (unpaired) electrons. The Morgan fingerprint density at radius 2 is 2.00 bits per heavy atom. The van der Waals surface area contributed by atoms with Crippen molar-refractivity contribution in [1.82, 2.24) is 20.0 Å². The van der Waals surface area contributed by atoms with Crippen LogP contribution in [0.25, 0.3) is 11.4 Å². The van der Waals surface area contributed by atoms with Crippen LogP contribution in [0.2, 0.25) is 0 Å². The van der Waals surface area contributed by atoms with E-state index < -0.39 is 6.10 Å². The minimum Gasteiger partial charge on any atom is -0.370 e. The summed E-state index contributed by atoms with van der Waals surface area (Å²) in [6.07, 6.45) is 4.48. The van der Waals surface area contributed by atoms with Crippen LogP contribution in [-0.4, -0.2) is 58.7 Å². The quantitative estimate of drug-likeness (QED) is 0.645. The van der Waals surface area contributed by atoms with Gasteiger partial charge >= 0.3 is 0 Å². The van der Waals surface area contributed by atoms with E-state index in [1.807, 2.05) is 17.0 Å². The molecule has 5 rings (SSSR count). The van der Waals surface area contributed by atoms with Crippen LogP contribution < -0.4 is 4.90 Å². The normalized spacial score (nSPS) is 18.5. The van der Waals surface area contributed by atoms with Gasteiger partial charge < -0.3 is 19.1 Å². The number of fused-ring (bicyclic) bond motifs is 1. The minimum atomic E-state index is -0.404. The summed E-state index contributed by atoms with van der Waals surface area (Å²) in [6.45, 7) is 3.16. The molecule has 1 saturated heterocycles. The number of benzene rings is 1. The molecule has 1 aromatic carbocycles. The van der Waals surface area contributed by atoms with Gasteiger partial charge in [-0.2, -0.15) is 4.98 Å². The summed E-state index contributed by atoms with van der Waals surface area (Å²) in [5, 5.41) is 4.04. The van der Waals surface area contributed by atoms with Gasteiger partial charge in [0.2, 0.25) is 11.7 Å². The third kappa shape index (κ3) is 3.78. The van der Waals surface area contributed by atoms with E-state index in [0.29, 0.717) is 37.8 Å². The maximum atomic E-state index is 12.8. The number of morpholine rings is 1. The Labute approximate surface area is 174 Å². The standard InChI is InChI=1S/C22H23N5O3/c28-20(8-12-26-11-7-16-3-1-2-4-18(16)26)27-13-14-29-19(15-27)22-24-21(25-30-22)17-5-9-23-10-6-17/h1-6,9-10,19H,7-8,11-15H2/t19-/m0/s1. The zero-order valence-electron chi connectivity index (χ0n) is 16.6. The molecule has 0 spiro atoms. The highest BCUT2D eigenvalue weighted by molar-refractivity contribution is 5.77. The van der Waals surface area contributed by atoms with Crippen molar-refractivity contribution in [3.05, 3.63) is 60.2 Å². The van der Waals surface area contributed by atoms with Gasteiger partial charge in [-0.05, 0) is 30.2 Å². The summed E-state index contributed by atoms with van der Waals surface area (Å²) < 4.78 is 11.2. The number of rotatable bonds is 5. The molecule has 2 aliphatic rings. The maximum Gasteiger partial charge on any atom is 0.257 e. The summed E-state index contributed by atoms with van der Waals surface area (Å²) in [5.41, 5.74) is 3.44. The van der Waals surface area contributed by atoms with E-state index in [9.17, 15) is 4.79 Å². The van der Waals surface area contributed by atoms with Gasteiger partial charge in [0.25, 0.3) is 5.89 Å². The molecule has 2 aliphatic heterocycles. The maximum absolute atomic E-state index is 12.8. The molecule has 8 nitrogen and oxygen atoms in total. The highest BCUT2D eigenvalue weighted by Gasteiger charge is 2.30. The summed E-state index contributed by atoms with van der Waals surface area (Å²) in [6, 6.07) is 12.1. The molecule has 1 atom stereocenters. The van der Waals surface area contributed by atoms with E-state index >= 15 is 0 Å². The molecule has 4 heterocycles. The number of carbonyl (C=O) groups is 1. The van der Waals surface area contributed by atoms with Crippen molar-refractivity contribution in [3.8, 4) is 11.4 Å². The Hall–Kier alpha value is -3.26. The number of pyridine rings is 1. The molecule has 0 bridgehead atoms. The SMILES string of the molecule is O=C(CCN1CCc2ccccc21)N1CCO[C@H](c2nc(-c3ccncc3)no2)C1. The first-order valence-electron chi connectivity index (χ1n) is 10.2. The summed E-state index contributed by atoms with van der Waals surface area (Å²) >= 11 is 0. The first-order chi connectivity index (χ1) is 14.8. The third-order valence-electron chi connectivity index (χ3n) is 5.65. The van der Waals surface area contributed by atoms with Crippen molar-refractivity contribution < 1.29 is 14.1 Å². The molecule has 0 saturated carbocycles. The van der Waals surface area contributed by atoms with Crippen LogP contribution in [0.3, 0.4) is 0 Å². The van der Waals surface area contributed by atoms with Crippen molar-refractivity contribution in [2.75, 3.05) is 37.7 Å². The fourth-order valence-corrected chi connectivity index (χ4v) is 4.04. The number of nitrogens with zero attached hydrogens (tertiary/aromatic N) is 5. The number of para-hydroxylation sites is 1. The molecule has 0 N–H and O–H groups in total. The smallest absolute Gasteiger partial charge is 0.257 e. The predicted octanol–water partition coefficient (Wildman–Crippen LogP) is 2.48. The van der Waals surface area contributed by atoms with Gasteiger partial charge in [0, 0.05) is 49.7 Å². The number of ether oxygens (including phenoxy) is 1. The van der Waals surface area contributed by atoms with Crippen LogP contribution in [0.5, 0.6) is 0 Å². The first-order valence-corrected chi connectivity index (χ1v) is 10.2. The second kappa shape index (κ2) is 8.23. The number of carbonyl (C=O) groups excluding carboxylic acids is 1. The molecule has 3 aromatic rings. The molecule has 2 aromatic heterocycles. The molecule has 0 unspecified atom stereocenters. The average molecular weight is 405 g/mol. The second-order valence-electron chi connectivity index (χ2n) is 7.51. The highest BCUT2D eigenvalue weighted by Crippen LogP contribution is 2.28. The topological polar surface area (TPSA) is 84.6 Å². The molecule has 8 heteroatoms. The van der Waals surface area contributed by atoms with Crippen LogP contribution in [0.1, 0.15) is 24.0 Å². The Kier molecular flexibility index (Phi) is 5.15. The average Bonchev–Trinajstić information content (AvgIpc) is 3.46. The largest absolute Gasteiger partial charge is 0.370 e. The summed E-state index contributed by atoms with van der Waals surface area (Å²) in [4.78, 5) is 25.4. The van der Waals surface area contributed by atoms with Crippen LogP contribution in [0, 0.1) is 0 Å². The molecule has 154 valence electrons. The molecular weight excluding hydrogens is 382 g/mol. The van der Waals surface area contributed by atoms with Crippen molar-refractivity contribution in [3.63, 3.8) is 0 Å². The van der Waals surface area contributed by atoms with Crippen LogP contribution >= 0.6 is 0 Å². The number of anilines is 1.